The van der Waals surface area contributed by atoms with Crippen molar-refractivity contribution in [3.63, 3.8) is 0 Å². The van der Waals surface area contributed by atoms with E-state index in [4.69, 9.17) is 4.74 Å². The minimum atomic E-state index is 0.135. The highest BCUT2D eigenvalue weighted by molar-refractivity contribution is 5.98. The van der Waals surface area contributed by atoms with Crippen LogP contribution in [0.5, 0.6) is 0 Å². The lowest BCUT2D eigenvalue weighted by molar-refractivity contribution is 0.0962. The van der Waals surface area contributed by atoms with Crippen molar-refractivity contribution in [2.45, 2.75) is 37.7 Å². The molecule has 2 atom stereocenters. The molecular formula is C19H21N3O2. The summed E-state index contributed by atoms with van der Waals surface area (Å²) < 4.78 is 5.61. The number of benzene rings is 1. The predicted octanol–water partition coefficient (Wildman–Crippen LogP) is 2.98. The van der Waals surface area contributed by atoms with Gasteiger partial charge in [-0.25, -0.2) is 9.97 Å². The lowest BCUT2D eigenvalue weighted by atomic mass is 9.82. The molecule has 1 saturated heterocycles. The van der Waals surface area contributed by atoms with Gasteiger partial charge in [0.15, 0.2) is 5.78 Å². The number of fused-ring (bicyclic) bond motifs is 1. The maximum atomic E-state index is 12.4. The Morgan fingerprint density at radius 1 is 1.21 bits per heavy atom. The largest absolute Gasteiger partial charge is 0.376 e. The Morgan fingerprint density at radius 2 is 2.08 bits per heavy atom. The molecule has 2 aliphatic rings. The van der Waals surface area contributed by atoms with Gasteiger partial charge in [-0.15, -0.1) is 0 Å². The SMILES string of the molecule is O=C1C[C@@H](c2ccccc2)Cc2nc(NC[C@H]3CCCO3)ncc21. The van der Waals surface area contributed by atoms with E-state index >= 15 is 0 Å². The topological polar surface area (TPSA) is 64.1 Å². The van der Waals surface area contributed by atoms with E-state index in [-0.39, 0.29) is 17.8 Å². The van der Waals surface area contributed by atoms with Crippen molar-refractivity contribution in [3.8, 4) is 0 Å². The molecule has 0 spiro atoms. The summed E-state index contributed by atoms with van der Waals surface area (Å²) in [4.78, 5) is 21.3. The third-order valence-electron chi connectivity index (χ3n) is 4.82. The Hall–Kier alpha value is -2.27. The molecule has 2 aromatic rings. The van der Waals surface area contributed by atoms with Crippen molar-refractivity contribution < 1.29 is 9.53 Å². The number of hydrogen-bond acceptors (Lipinski definition) is 5. The molecular weight excluding hydrogens is 302 g/mol. The van der Waals surface area contributed by atoms with Crippen LogP contribution in [-0.2, 0) is 11.2 Å². The molecule has 1 aromatic heterocycles. The van der Waals surface area contributed by atoms with E-state index in [1.807, 2.05) is 18.2 Å². The summed E-state index contributed by atoms with van der Waals surface area (Å²) in [6.07, 6.45) is 5.41. The molecule has 1 aromatic carbocycles. The molecule has 1 aliphatic carbocycles. The van der Waals surface area contributed by atoms with E-state index in [0.29, 0.717) is 17.9 Å². The number of rotatable bonds is 4. The zero-order chi connectivity index (χ0) is 16.4. The molecule has 1 fully saturated rings. The van der Waals surface area contributed by atoms with E-state index in [2.05, 4.69) is 27.4 Å². The Bertz CT molecular complexity index is 727. The van der Waals surface area contributed by atoms with Crippen LogP contribution >= 0.6 is 0 Å². The summed E-state index contributed by atoms with van der Waals surface area (Å²) in [6.45, 7) is 1.56. The fourth-order valence-electron chi connectivity index (χ4n) is 3.50. The molecule has 1 aliphatic heterocycles. The van der Waals surface area contributed by atoms with Crippen LogP contribution in [0.1, 0.15) is 46.8 Å². The number of carbonyl (C=O) groups is 1. The van der Waals surface area contributed by atoms with Crippen LogP contribution in [0.15, 0.2) is 36.5 Å². The third kappa shape index (κ3) is 3.17. The first-order valence-electron chi connectivity index (χ1n) is 8.59. The number of ether oxygens (including phenoxy) is 1. The Balaban J connectivity index is 1.51. The number of carbonyl (C=O) groups excluding carboxylic acids is 1. The van der Waals surface area contributed by atoms with E-state index < -0.39 is 0 Å². The Kier molecular flexibility index (Phi) is 4.26. The lowest BCUT2D eigenvalue weighted by Crippen LogP contribution is -2.23. The van der Waals surface area contributed by atoms with Gasteiger partial charge in [0, 0.05) is 25.8 Å². The molecule has 4 rings (SSSR count). The number of hydrogen-bond donors (Lipinski definition) is 1. The molecule has 0 saturated carbocycles. The summed E-state index contributed by atoms with van der Waals surface area (Å²) in [5.74, 6) is 0.925. The van der Waals surface area contributed by atoms with Crippen molar-refractivity contribution in [1.82, 2.24) is 9.97 Å². The van der Waals surface area contributed by atoms with Gasteiger partial charge < -0.3 is 10.1 Å². The minimum Gasteiger partial charge on any atom is -0.376 e. The average Bonchev–Trinajstić information content (AvgIpc) is 3.14. The number of Topliss-reactive ketones (excluding diaryl/α,β-unsaturated/α-hetero) is 1. The van der Waals surface area contributed by atoms with Gasteiger partial charge >= 0.3 is 0 Å². The quantitative estimate of drug-likeness (QED) is 0.937. The van der Waals surface area contributed by atoms with Gasteiger partial charge in [0.2, 0.25) is 5.95 Å². The van der Waals surface area contributed by atoms with Crippen LogP contribution in [0.25, 0.3) is 0 Å². The van der Waals surface area contributed by atoms with Crippen LogP contribution in [0.4, 0.5) is 5.95 Å². The van der Waals surface area contributed by atoms with Gasteiger partial charge in [-0.2, -0.15) is 0 Å². The average molecular weight is 323 g/mol. The zero-order valence-electron chi connectivity index (χ0n) is 13.6. The standard InChI is InChI=1S/C19H21N3O2/c23-18-10-14(13-5-2-1-3-6-13)9-17-16(18)12-21-19(22-17)20-11-15-7-4-8-24-15/h1-3,5-6,12,14-15H,4,7-11H2,(H,20,21,22)/t14-,15+/m0/s1. The van der Waals surface area contributed by atoms with Crippen molar-refractivity contribution in [1.29, 1.82) is 0 Å². The number of nitrogens with zero attached hydrogens (tertiary/aromatic N) is 2. The van der Waals surface area contributed by atoms with Crippen LogP contribution in [0, 0.1) is 0 Å². The van der Waals surface area contributed by atoms with Gasteiger partial charge in [-0.1, -0.05) is 30.3 Å². The minimum absolute atomic E-state index is 0.135. The second kappa shape index (κ2) is 6.69. The van der Waals surface area contributed by atoms with Crippen LogP contribution in [0.3, 0.4) is 0 Å². The van der Waals surface area contributed by atoms with E-state index in [9.17, 15) is 4.79 Å². The molecule has 24 heavy (non-hydrogen) atoms. The van der Waals surface area contributed by atoms with Crippen LogP contribution < -0.4 is 5.32 Å². The van der Waals surface area contributed by atoms with Gasteiger partial charge in [0.05, 0.1) is 17.4 Å². The number of anilines is 1. The molecule has 0 amide bonds. The molecule has 0 unspecified atom stereocenters. The number of ketones is 1. The first-order chi connectivity index (χ1) is 11.8. The predicted molar refractivity (Wildman–Crippen MR) is 91.3 cm³/mol. The molecule has 5 heteroatoms. The summed E-state index contributed by atoms with van der Waals surface area (Å²) in [7, 11) is 0. The fourth-order valence-corrected chi connectivity index (χ4v) is 3.50. The molecule has 5 nitrogen and oxygen atoms in total. The zero-order valence-corrected chi connectivity index (χ0v) is 13.6. The molecule has 2 heterocycles. The van der Waals surface area contributed by atoms with Crippen molar-refractivity contribution in [2.24, 2.45) is 0 Å². The molecule has 0 radical (unpaired) electrons. The van der Waals surface area contributed by atoms with Crippen molar-refractivity contribution >= 4 is 11.7 Å². The molecule has 124 valence electrons. The van der Waals surface area contributed by atoms with Crippen molar-refractivity contribution in [3.05, 3.63) is 53.3 Å². The summed E-state index contributed by atoms with van der Waals surface area (Å²) in [6, 6.07) is 10.2. The highest BCUT2D eigenvalue weighted by Crippen LogP contribution is 2.31. The van der Waals surface area contributed by atoms with Crippen LogP contribution in [-0.4, -0.2) is 35.0 Å². The normalized spacial score (nSPS) is 23.1. The Labute approximate surface area is 141 Å². The smallest absolute Gasteiger partial charge is 0.222 e. The second-order valence-electron chi connectivity index (χ2n) is 6.51. The van der Waals surface area contributed by atoms with E-state index in [1.165, 1.54) is 5.56 Å². The first-order valence-corrected chi connectivity index (χ1v) is 8.59. The van der Waals surface area contributed by atoms with E-state index in [0.717, 1.165) is 38.1 Å². The van der Waals surface area contributed by atoms with Gasteiger partial charge in [0.25, 0.3) is 0 Å². The fraction of sp³-hybridized carbons (Fsp3) is 0.421. The summed E-state index contributed by atoms with van der Waals surface area (Å²) >= 11 is 0. The maximum absolute atomic E-state index is 12.4. The lowest BCUT2D eigenvalue weighted by Gasteiger charge is -2.23. The van der Waals surface area contributed by atoms with Crippen molar-refractivity contribution in [2.75, 3.05) is 18.5 Å². The highest BCUT2D eigenvalue weighted by atomic mass is 16.5. The maximum Gasteiger partial charge on any atom is 0.222 e. The van der Waals surface area contributed by atoms with Gasteiger partial charge in [-0.3, -0.25) is 4.79 Å². The van der Waals surface area contributed by atoms with Crippen LogP contribution in [0.2, 0.25) is 0 Å². The third-order valence-corrected chi connectivity index (χ3v) is 4.82. The number of aromatic nitrogens is 2. The van der Waals surface area contributed by atoms with Gasteiger partial charge in [-0.05, 0) is 30.7 Å². The molecule has 1 N–H and O–H groups in total. The second-order valence-corrected chi connectivity index (χ2v) is 6.51. The number of nitrogens with one attached hydrogen (secondary N) is 1. The van der Waals surface area contributed by atoms with Gasteiger partial charge in [0.1, 0.15) is 0 Å². The monoisotopic (exact) mass is 323 g/mol. The van der Waals surface area contributed by atoms with E-state index in [1.54, 1.807) is 6.20 Å². The summed E-state index contributed by atoms with van der Waals surface area (Å²) in [5.41, 5.74) is 2.72. The Morgan fingerprint density at radius 3 is 2.88 bits per heavy atom. The highest BCUT2D eigenvalue weighted by Gasteiger charge is 2.28. The first kappa shape index (κ1) is 15.3. The molecule has 0 bridgehead atoms. The summed E-state index contributed by atoms with van der Waals surface area (Å²) in [5, 5.41) is 3.25.